The molecule has 0 atom stereocenters. The predicted octanol–water partition coefficient (Wildman–Crippen LogP) is 4.41. The number of sulfonamides is 1. The highest BCUT2D eigenvalue weighted by Crippen LogP contribution is 2.37. The highest BCUT2D eigenvalue weighted by molar-refractivity contribution is 14.1. The van der Waals surface area contributed by atoms with E-state index in [-0.39, 0.29) is 25.2 Å². The quantitative estimate of drug-likeness (QED) is 0.354. The lowest BCUT2D eigenvalue weighted by Gasteiger charge is -2.29. The van der Waals surface area contributed by atoms with Crippen molar-refractivity contribution < 1.29 is 26.4 Å². The zero-order chi connectivity index (χ0) is 24.0. The van der Waals surface area contributed by atoms with Crippen molar-refractivity contribution in [2.75, 3.05) is 6.54 Å². The van der Waals surface area contributed by atoms with E-state index in [1.807, 2.05) is 34.9 Å². The molecular weight excluding hydrogens is 570 g/mol. The van der Waals surface area contributed by atoms with Gasteiger partial charge in [-0.3, -0.25) is 4.79 Å². The van der Waals surface area contributed by atoms with Gasteiger partial charge in [0.2, 0.25) is 10.0 Å². The second-order valence-corrected chi connectivity index (χ2v) is 10.2. The first-order chi connectivity index (χ1) is 15.6. The Labute approximate surface area is 202 Å². The second kappa shape index (κ2) is 8.76. The molecule has 0 unspecified atom stereocenters. The van der Waals surface area contributed by atoms with Gasteiger partial charge in [-0.05, 0) is 23.8 Å². The van der Waals surface area contributed by atoms with Gasteiger partial charge in [0, 0.05) is 28.8 Å². The Bertz CT molecular complexity index is 1320. The second-order valence-electron chi connectivity index (χ2n) is 7.53. The van der Waals surface area contributed by atoms with Gasteiger partial charge in [0.1, 0.15) is 0 Å². The van der Waals surface area contributed by atoms with Gasteiger partial charge < -0.3 is 10.3 Å². The van der Waals surface area contributed by atoms with Crippen molar-refractivity contribution in [1.29, 1.82) is 0 Å². The summed E-state index contributed by atoms with van der Waals surface area (Å²) < 4.78 is 69.3. The number of nitrogens with zero attached hydrogens (tertiary/aromatic N) is 2. The fourth-order valence-electron chi connectivity index (χ4n) is 4.13. The number of nitrogens with two attached hydrogens (primary N) is 1. The van der Waals surface area contributed by atoms with Crippen molar-refractivity contribution in [2.24, 2.45) is 5.73 Å². The summed E-state index contributed by atoms with van der Waals surface area (Å²) in [6, 6.07) is 13.0. The number of halogens is 4. The molecule has 11 heteroatoms. The van der Waals surface area contributed by atoms with Crippen LogP contribution in [0.25, 0.3) is 11.3 Å². The zero-order valence-electron chi connectivity index (χ0n) is 17.1. The molecule has 1 aliphatic rings. The zero-order valence-corrected chi connectivity index (χ0v) is 20.1. The molecule has 3 aromatic rings. The van der Waals surface area contributed by atoms with Crippen molar-refractivity contribution in [3.8, 4) is 11.3 Å². The molecule has 33 heavy (non-hydrogen) atoms. The number of fused-ring (bicyclic) bond motifs is 1. The van der Waals surface area contributed by atoms with E-state index in [1.54, 1.807) is 0 Å². The first-order valence-corrected chi connectivity index (χ1v) is 12.8. The van der Waals surface area contributed by atoms with E-state index in [4.69, 9.17) is 5.73 Å². The minimum Gasteiger partial charge on any atom is -0.366 e. The summed E-state index contributed by atoms with van der Waals surface area (Å²) in [7, 11) is -4.24. The van der Waals surface area contributed by atoms with Gasteiger partial charge in [-0.1, -0.05) is 59.0 Å². The Hall–Kier alpha value is -2.38. The van der Waals surface area contributed by atoms with Gasteiger partial charge in [-0.2, -0.15) is 17.5 Å². The van der Waals surface area contributed by atoms with E-state index in [0.717, 1.165) is 33.8 Å². The molecule has 0 saturated carbocycles. The minimum atomic E-state index is -4.67. The number of benzene rings is 2. The van der Waals surface area contributed by atoms with Gasteiger partial charge >= 0.3 is 6.18 Å². The monoisotopic (exact) mass is 589 g/mol. The van der Waals surface area contributed by atoms with Gasteiger partial charge in [-0.15, -0.1) is 0 Å². The molecule has 4 rings (SSSR count). The number of alkyl halides is 4. The summed E-state index contributed by atoms with van der Waals surface area (Å²) in [6.07, 6.45) is -4.67. The lowest BCUT2D eigenvalue weighted by Crippen LogP contribution is -2.39. The lowest BCUT2D eigenvalue weighted by molar-refractivity contribution is -0.137. The summed E-state index contributed by atoms with van der Waals surface area (Å²) in [4.78, 5) is 11.9. The summed E-state index contributed by atoms with van der Waals surface area (Å²) >= 11 is 2.13. The third kappa shape index (κ3) is 4.28. The Balaban J connectivity index is 1.81. The van der Waals surface area contributed by atoms with Crippen LogP contribution in [0.15, 0.2) is 59.5 Å². The Morgan fingerprint density at radius 1 is 1.06 bits per heavy atom. The molecule has 0 bridgehead atoms. The van der Waals surface area contributed by atoms with Crippen molar-refractivity contribution in [3.63, 3.8) is 0 Å². The normalized spacial score (nSPS) is 14.8. The number of primary amides is 1. The lowest BCUT2D eigenvalue weighted by atomic mass is 10.0. The van der Waals surface area contributed by atoms with E-state index in [0.29, 0.717) is 21.8 Å². The predicted molar refractivity (Wildman–Crippen MR) is 125 cm³/mol. The molecule has 2 N–H and O–H groups in total. The molecule has 2 heterocycles. The standard InChI is InChI=1S/C22H19F3IN3O3S/c23-22(24,25)15-7-4-8-16(11-15)33(31,32)28-9-10-29-18(13-28)19(21(27)30)17(12-26)20(29)14-5-2-1-3-6-14/h1-8,11H,9-10,12-13H2,(H2,27,30). The van der Waals surface area contributed by atoms with Crippen LogP contribution in [0, 0.1) is 0 Å². The smallest absolute Gasteiger partial charge is 0.366 e. The average molecular weight is 589 g/mol. The van der Waals surface area contributed by atoms with Crippen LogP contribution in [-0.4, -0.2) is 29.7 Å². The summed E-state index contributed by atoms with van der Waals surface area (Å²) in [5.74, 6) is -0.675. The fourth-order valence-corrected chi connectivity index (χ4v) is 6.31. The van der Waals surface area contributed by atoms with Crippen molar-refractivity contribution in [3.05, 3.63) is 77.0 Å². The number of hydrogen-bond acceptors (Lipinski definition) is 3. The number of amides is 1. The van der Waals surface area contributed by atoms with E-state index in [1.165, 1.54) is 0 Å². The molecule has 0 fully saturated rings. The molecule has 1 aliphatic heterocycles. The number of carbonyl (C=O) groups excluding carboxylic acids is 1. The van der Waals surface area contributed by atoms with Crippen LogP contribution in [0.2, 0.25) is 0 Å². The maximum atomic E-state index is 13.2. The topological polar surface area (TPSA) is 85.4 Å². The molecule has 2 aromatic carbocycles. The third-order valence-corrected chi connectivity index (χ3v) is 8.20. The van der Waals surface area contributed by atoms with Crippen LogP contribution in [0.5, 0.6) is 0 Å². The molecule has 0 spiro atoms. The molecule has 1 aromatic heterocycles. The Morgan fingerprint density at radius 3 is 2.36 bits per heavy atom. The van der Waals surface area contributed by atoms with Crippen molar-refractivity contribution in [2.45, 2.75) is 28.6 Å². The maximum Gasteiger partial charge on any atom is 0.416 e. The third-order valence-electron chi connectivity index (χ3n) is 5.60. The summed E-state index contributed by atoms with van der Waals surface area (Å²) in [5, 5.41) is 0. The molecule has 1 amide bonds. The van der Waals surface area contributed by atoms with Crippen molar-refractivity contribution in [1.82, 2.24) is 8.87 Å². The minimum absolute atomic E-state index is 0.0407. The van der Waals surface area contributed by atoms with E-state index in [9.17, 15) is 26.4 Å². The largest absolute Gasteiger partial charge is 0.416 e. The number of hydrogen-bond donors (Lipinski definition) is 1. The van der Waals surface area contributed by atoms with E-state index >= 15 is 0 Å². The molecule has 6 nitrogen and oxygen atoms in total. The summed E-state index contributed by atoms with van der Waals surface area (Å²) in [6.45, 7) is 0.0982. The fraction of sp³-hybridized carbons (Fsp3) is 0.227. The maximum absolute atomic E-state index is 13.2. The molecular formula is C22H19F3IN3O3S. The van der Waals surface area contributed by atoms with E-state index < -0.39 is 32.6 Å². The van der Waals surface area contributed by atoms with Gasteiger partial charge in [-0.25, -0.2) is 8.42 Å². The molecule has 0 aliphatic carbocycles. The number of aromatic nitrogens is 1. The molecule has 0 radical (unpaired) electrons. The first-order valence-electron chi connectivity index (χ1n) is 9.88. The highest BCUT2D eigenvalue weighted by atomic mass is 127. The van der Waals surface area contributed by atoms with Crippen LogP contribution in [-0.2, 0) is 33.7 Å². The SMILES string of the molecule is NC(=O)c1c(CI)c(-c2ccccc2)n2c1CN(S(=O)(=O)c1cccc(C(F)(F)F)c1)CC2. The molecule has 174 valence electrons. The average Bonchev–Trinajstić information content (AvgIpc) is 3.13. The van der Waals surface area contributed by atoms with Crippen LogP contribution < -0.4 is 5.73 Å². The van der Waals surface area contributed by atoms with Crippen molar-refractivity contribution >= 4 is 38.5 Å². The first kappa shape index (κ1) is 23.8. The van der Waals surface area contributed by atoms with Crippen LogP contribution in [0.3, 0.4) is 0 Å². The van der Waals surface area contributed by atoms with Gasteiger partial charge in [0.15, 0.2) is 0 Å². The van der Waals surface area contributed by atoms with Gasteiger partial charge in [0.25, 0.3) is 5.91 Å². The van der Waals surface area contributed by atoms with Gasteiger partial charge in [0.05, 0.1) is 28.3 Å². The van der Waals surface area contributed by atoms with Crippen LogP contribution in [0.1, 0.15) is 27.2 Å². The van der Waals surface area contributed by atoms with Crippen LogP contribution in [0.4, 0.5) is 13.2 Å². The van der Waals surface area contributed by atoms with Crippen LogP contribution >= 0.6 is 22.6 Å². The Kier molecular flexibility index (Phi) is 6.31. The number of carbonyl (C=O) groups is 1. The summed E-state index contributed by atoms with van der Waals surface area (Å²) in [5.41, 5.74) is 7.72. The van der Waals surface area contributed by atoms with E-state index in [2.05, 4.69) is 22.6 Å². The highest BCUT2D eigenvalue weighted by Gasteiger charge is 2.36. The molecule has 0 saturated heterocycles. The Morgan fingerprint density at radius 2 is 1.76 bits per heavy atom. The number of rotatable bonds is 5.